The van der Waals surface area contributed by atoms with Crippen molar-refractivity contribution in [2.24, 2.45) is 28.6 Å². The third kappa shape index (κ3) is 4.27. The molecule has 0 spiro atoms. The zero-order valence-corrected chi connectivity index (χ0v) is 21.3. The summed E-state index contributed by atoms with van der Waals surface area (Å²) >= 11 is 1.61. The van der Waals surface area contributed by atoms with Crippen LogP contribution in [0.15, 0.2) is 29.2 Å². The first-order chi connectivity index (χ1) is 16.3. The van der Waals surface area contributed by atoms with E-state index in [-0.39, 0.29) is 41.7 Å². The van der Waals surface area contributed by atoms with Crippen LogP contribution in [0, 0.1) is 28.6 Å². The van der Waals surface area contributed by atoms with Crippen molar-refractivity contribution in [1.29, 1.82) is 0 Å². The van der Waals surface area contributed by atoms with Gasteiger partial charge in [-0.1, -0.05) is 25.5 Å². The summed E-state index contributed by atoms with van der Waals surface area (Å²) in [5.74, 6) is 1.83. The van der Waals surface area contributed by atoms with E-state index in [4.69, 9.17) is 4.74 Å². The molecule has 1 amide bonds. The van der Waals surface area contributed by atoms with Gasteiger partial charge < -0.3 is 10.1 Å². The molecule has 4 aliphatic rings. The minimum atomic E-state index is -0.244. The lowest BCUT2D eigenvalue weighted by molar-refractivity contribution is -0.160. The molecule has 0 aromatic carbocycles. The lowest BCUT2D eigenvalue weighted by Crippen LogP contribution is -2.51. The second kappa shape index (κ2) is 9.25. The zero-order chi connectivity index (χ0) is 23.9. The average molecular weight is 484 g/mol. The number of esters is 1. The Morgan fingerprint density at radius 3 is 2.74 bits per heavy atom. The predicted molar refractivity (Wildman–Crippen MR) is 132 cm³/mol. The molecule has 184 valence electrons. The summed E-state index contributed by atoms with van der Waals surface area (Å²) in [6, 6.07) is 3.95. The van der Waals surface area contributed by atoms with Gasteiger partial charge >= 0.3 is 5.97 Å². The fourth-order valence-corrected chi connectivity index (χ4v) is 8.47. The molecule has 5 nitrogen and oxygen atoms in total. The number of rotatable bonds is 6. The maximum absolute atomic E-state index is 12.7. The number of nitrogens with one attached hydrogen (secondary N) is 1. The molecule has 3 saturated carbocycles. The van der Waals surface area contributed by atoms with Crippen molar-refractivity contribution in [3.05, 3.63) is 34.0 Å². The van der Waals surface area contributed by atoms with E-state index in [9.17, 15) is 14.4 Å². The minimum absolute atomic E-state index is 0.0281. The highest BCUT2D eigenvalue weighted by atomic mass is 32.1. The Kier molecular flexibility index (Phi) is 6.47. The van der Waals surface area contributed by atoms with Gasteiger partial charge in [0.05, 0.1) is 13.0 Å². The fraction of sp³-hybridized carbons (Fsp3) is 0.679. The molecule has 5 rings (SSSR count). The number of ether oxygens (including phenoxy) is 1. The summed E-state index contributed by atoms with van der Waals surface area (Å²) in [5, 5.41) is 4.87. The van der Waals surface area contributed by atoms with Crippen molar-refractivity contribution in [2.75, 3.05) is 0 Å². The first-order valence-electron chi connectivity index (χ1n) is 13.0. The molecule has 0 aliphatic heterocycles. The van der Waals surface area contributed by atoms with Crippen molar-refractivity contribution >= 4 is 29.0 Å². The number of allylic oxidation sites excluding steroid dienone is 1. The van der Waals surface area contributed by atoms with Crippen LogP contribution in [0.5, 0.6) is 0 Å². The normalized spacial score (nSPS) is 36.6. The number of amides is 1. The van der Waals surface area contributed by atoms with Crippen LogP contribution in [0.2, 0.25) is 0 Å². The molecule has 6 atom stereocenters. The van der Waals surface area contributed by atoms with E-state index in [0.717, 1.165) is 49.8 Å². The topological polar surface area (TPSA) is 72.5 Å². The van der Waals surface area contributed by atoms with Crippen LogP contribution in [-0.4, -0.2) is 23.8 Å². The second-order valence-corrected chi connectivity index (χ2v) is 12.5. The summed E-state index contributed by atoms with van der Waals surface area (Å²) in [5.41, 5.74) is 1.59. The van der Waals surface area contributed by atoms with Gasteiger partial charge in [0.2, 0.25) is 5.91 Å². The van der Waals surface area contributed by atoms with E-state index in [1.807, 2.05) is 23.6 Å². The largest absolute Gasteiger partial charge is 0.462 e. The van der Waals surface area contributed by atoms with Crippen LogP contribution >= 0.6 is 11.3 Å². The van der Waals surface area contributed by atoms with Crippen LogP contribution in [0.3, 0.4) is 0 Å². The van der Waals surface area contributed by atoms with Gasteiger partial charge in [0, 0.05) is 23.1 Å². The minimum Gasteiger partial charge on any atom is -0.462 e. The van der Waals surface area contributed by atoms with Gasteiger partial charge in [0.1, 0.15) is 6.10 Å². The first-order valence-corrected chi connectivity index (χ1v) is 13.9. The fourth-order valence-electron chi connectivity index (χ4n) is 7.83. The lowest BCUT2D eigenvalue weighted by atomic mass is 9.47. The van der Waals surface area contributed by atoms with E-state index < -0.39 is 0 Å². The Bertz CT molecular complexity index is 985. The van der Waals surface area contributed by atoms with E-state index >= 15 is 0 Å². The summed E-state index contributed by atoms with van der Waals surface area (Å²) in [6.07, 6.45) is 10.4. The molecule has 0 bridgehead atoms. The van der Waals surface area contributed by atoms with Crippen molar-refractivity contribution in [2.45, 2.75) is 90.7 Å². The van der Waals surface area contributed by atoms with Crippen molar-refractivity contribution in [3.63, 3.8) is 0 Å². The molecular weight excluding hydrogens is 446 g/mol. The number of hydrogen-bond donors (Lipinski definition) is 1. The van der Waals surface area contributed by atoms with Gasteiger partial charge in [-0.15, -0.1) is 11.3 Å². The lowest BCUT2D eigenvalue weighted by Gasteiger charge is -2.57. The van der Waals surface area contributed by atoms with Crippen LogP contribution in [0.25, 0.3) is 0 Å². The molecule has 34 heavy (non-hydrogen) atoms. The van der Waals surface area contributed by atoms with Crippen LogP contribution < -0.4 is 5.32 Å². The maximum Gasteiger partial charge on any atom is 0.306 e. The highest BCUT2D eigenvalue weighted by molar-refractivity contribution is 7.09. The Morgan fingerprint density at radius 1 is 1.09 bits per heavy atom. The summed E-state index contributed by atoms with van der Waals surface area (Å²) in [4.78, 5) is 38.0. The molecule has 1 aromatic rings. The third-order valence-corrected chi connectivity index (χ3v) is 10.6. The maximum atomic E-state index is 12.7. The molecule has 1 N–H and O–H groups in total. The monoisotopic (exact) mass is 483 g/mol. The van der Waals surface area contributed by atoms with Gasteiger partial charge in [-0.05, 0) is 85.6 Å². The summed E-state index contributed by atoms with van der Waals surface area (Å²) in [6.45, 7) is 5.26. The third-order valence-electron chi connectivity index (χ3n) is 9.74. The quantitative estimate of drug-likeness (QED) is 0.536. The molecule has 1 aromatic heterocycles. The van der Waals surface area contributed by atoms with Crippen molar-refractivity contribution < 1.29 is 19.1 Å². The smallest absolute Gasteiger partial charge is 0.306 e. The summed E-state index contributed by atoms with van der Waals surface area (Å²) in [7, 11) is 0. The number of carbonyl (C=O) groups excluding carboxylic acids is 3. The Labute approximate surface area is 206 Å². The Morgan fingerprint density at radius 2 is 1.94 bits per heavy atom. The molecular formula is C28H37NO4S. The average Bonchev–Trinajstić information content (AvgIpc) is 3.45. The predicted octanol–water partition coefficient (Wildman–Crippen LogP) is 5.59. The number of ketones is 1. The molecule has 4 unspecified atom stereocenters. The first kappa shape index (κ1) is 23.8. The van der Waals surface area contributed by atoms with Crippen molar-refractivity contribution in [1.82, 2.24) is 5.32 Å². The molecule has 3 fully saturated rings. The van der Waals surface area contributed by atoms with E-state index in [1.54, 1.807) is 11.3 Å². The zero-order valence-electron chi connectivity index (χ0n) is 20.4. The van der Waals surface area contributed by atoms with E-state index in [1.165, 1.54) is 5.57 Å². The number of hydrogen-bond acceptors (Lipinski definition) is 5. The molecule has 6 heteroatoms. The van der Waals surface area contributed by atoms with E-state index in [0.29, 0.717) is 36.5 Å². The number of fused-ring (bicyclic) bond motifs is 5. The van der Waals surface area contributed by atoms with Crippen LogP contribution in [0.4, 0.5) is 0 Å². The Balaban J connectivity index is 1.17. The van der Waals surface area contributed by atoms with E-state index in [2.05, 4.69) is 19.2 Å². The molecule has 0 radical (unpaired) electrons. The van der Waals surface area contributed by atoms with Gasteiger partial charge in [0.15, 0.2) is 5.78 Å². The van der Waals surface area contributed by atoms with Crippen LogP contribution in [0.1, 0.15) is 82.9 Å². The van der Waals surface area contributed by atoms with Gasteiger partial charge in [-0.25, -0.2) is 0 Å². The van der Waals surface area contributed by atoms with Gasteiger partial charge in [-0.2, -0.15) is 0 Å². The van der Waals surface area contributed by atoms with Crippen LogP contribution in [-0.2, 0) is 25.7 Å². The molecule has 1 heterocycles. The molecule has 0 saturated heterocycles. The summed E-state index contributed by atoms with van der Waals surface area (Å²) < 4.78 is 6.04. The highest BCUT2D eigenvalue weighted by Gasteiger charge is 2.59. The Hall–Kier alpha value is -1.95. The number of carbonyl (C=O) groups is 3. The van der Waals surface area contributed by atoms with Gasteiger partial charge in [0.25, 0.3) is 0 Å². The highest BCUT2D eigenvalue weighted by Crippen LogP contribution is 2.65. The number of thiophene rings is 1. The second-order valence-electron chi connectivity index (χ2n) is 11.4. The SMILES string of the molecule is C[C@]12CCC3C(CCC4=CC(=O)CC[C@@]43C)C1CCC2OC(=O)CCC(=O)NCc1cccs1. The van der Waals surface area contributed by atoms with Crippen molar-refractivity contribution in [3.8, 4) is 0 Å². The van der Waals surface area contributed by atoms with Gasteiger partial charge in [-0.3, -0.25) is 14.4 Å². The molecule has 4 aliphatic carbocycles. The standard InChI is InChI=1S/C28H37NO4S/c1-27-13-11-19(30)16-18(27)5-6-21-22-7-8-24(28(22,2)14-12-23(21)27)33-26(32)10-9-25(31)29-17-20-4-3-15-34-20/h3-4,15-16,21-24H,5-14,17H2,1-2H3,(H,29,31)/t21?,22?,23?,24?,27-,28-/m0/s1.